The highest BCUT2D eigenvalue weighted by Crippen LogP contribution is 2.31. The number of alkyl halides is 3. The summed E-state index contributed by atoms with van der Waals surface area (Å²) in [6.07, 6.45) is 0.921. The predicted molar refractivity (Wildman–Crippen MR) is 91.5 cm³/mol. The Kier molecular flexibility index (Phi) is 4.87. The van der Waals surface area contributed by atoms with E-state index < -0.39 is 12.1 Å². The molecule has 0 unspecified atom stereocenters. The average Bonchev–Trinajstić information content (AvgIpc) is 3.42. The fraction of sp³-hybridized carbons (Fsp3) is 0.438. The molecule has 0 spiro atoms. The summed E-state index contributed by atoms with van der Waals surface area (Å²) >= 11 is 1.21. The largest absolute Gasteiger partial charge is 0.471 e. The van der Waals surface area contributed by atoms with E-state index in [0.29, 0.717) is 11.4 Å². The molecule has 3 aromatic rings. The van der Waals surface area contributed by atoms with Gasteiger partial charge in [0.25, 0.3) is 5.91 Å². The summed E-state index contributed by atoms with van der Waals surface area (Å²) in [5.74, 6) is -1.72. The fourth-order valence-corrected chi connectivity index (χ4v) is 3.90. The van der Waals surface area contributed by atoms with Crippen LogP contribution in [0.2, 0.25) is 0 Å². The highest BCUT2D eigenvalue weighted by Gasteiger charge is 2.38. The van der Waals surface area contributed by atoms with Crippen LogP contribution in [-0.2, 0) is 12.7 Å². The number of hydrogen-bond acceptors (Lipinski definition) is 7. The Morgan fingerprint density at radius 2 is 2.11 bits per heavy atom. The van der Waals surface area contributed by atoms with Crippen LogP contribution in [0.1, 0.15) is 47.1 Å². The van der Waals surface area contributed by atoms with Gasteiger partial charge in [-0.15, -0.1) is 16.4 Å². The van der Waals surface area contributed by atoms with E-state index in [0.717, 1.165) is 30.6 Å². The highest BCUT2D eigenvalue weighted by atomic mass is 32.1. The second-order valence-electron chi connectivity index (χ2n) is 6.41. The Bertz CT molecular complexity index is 973. The molecule has 1 aliphatic rings. The van der Waals surface area contributed by atoms with Gasteiger partial charge in [0.05, 0.1) is 11.4 Å². The molecule has 0 radical (unpaired) electrons. The number of carbonyl (C=O) groups is 1. The molecular formula is C16H15F3N6O2S. The summed E-state index contributed by atoms with van der Waals surface area (Å²) < 4.78 is 43.4. The van der Waals surface area contributed by atoms with Gasteiger partial charge in [-0.25, -0.2) is 9.67 Å². The first-order valence-electron chi connectivity index (χ1n) is 8.59. The van der Waals surface area contributed by atoms with Gasteiger partial charge in [-0.05, 0) is 25.0 Å². The summed E-state index contributed by atoms with van der Waals surface area (Å²) in [6, 6.07) is 3.51. The number of carbonyl (C=O) groups excluding carboxylic acids is 1. The molecule has 1 saturated carbocycles. The number of amides is 1. The van der Waals surface area contributed by atoms with Crippen molar-refractivity contribution in [2.45, 2.75) is 44.4 Å². The SMILES string of the molecule is O=C(NC1CCCC1)c1ncn(Cc2ccc(-c3noc(C(F)(F)F)n3)s2)n1. The van der Waals surface area contributed by atoms with E-state index in [-0.39, 0.29) is 23.6 Å². The van der Waals surface area contributed by atoms with Crippen molar-refractivity contribution in [1.82, 2.24) is 30.2 Å². The van der Waals surface area contributed by atoms with Crippen LogP contribution in [0.3, 0.4) is 0 Å². The van der Waals surface area contributed by atoms with Crippen LogP contribution in [-0.4, -0.2) is 36.9 Å². The van der Waals surface area contributed by atoms with Crippen molar-refractivity contribution in [3.05, 3.63) is 35.1 Å². The van der Waals surface area contributed by atoms with E-state index >= 15 is 0 Å². The van der Waals surface area contributed by atoms with Crippen LogP contribution in [0.4, 0.5) is 13.2 Å². The van der Waals surface area contributed by atoms with Gasteiger partial charge in [0.2, 0.25) is 11.6 Å². The van der Waals surface area contributed by atoms with E-state index in [2.05, 4.69) is 30.1 Å². The first-order chi connectivity index (χ1) is 13.4. The number of halogens is 3. The zero-order chi connectivity index (χ0) is 19.7. The first-order valence-corrected chi connectivity index (χ1v) is 9.40. The van der Waals surface area contributed by atoms with Gasteiger partial charge in [-0.1, -0.05) is 18.0 Å². The van der Waals surface area contributed by atoms with Crippen molar-refractivity contribution in [2.75, 3.05) is 0 Å². The molecule has 148 valence electrons. The lowest BCUT2D eigenvalue weighted by molar-refractivity contribution is -0.159. The lowest BCUT2D eigenvalue weighted by atomic mass is 10.2. The molecule has 0 bridgehead atoms. The Morgan fingerprint density at radius 1 is 1.32 bits per heavy atom. The van der Waals surface area contributed by atoms with Crippen LogP contribution < -0.4 is 5.32 Å². The number of nitrogens with one attached hydrogen (secondary N) is 1. The summed E-state index contributed by atoms with van der Waals surface area (Å²) in [6.45, 7) is 0.318. The van der Waals surface area contributed by atoms with E-state index in [9.17, 15) is 18.0 Å². The molecule has 0 aliphatic heterocycles. The van der Waals surface area contributed by atoms with Crippen molar-refractivity contribution in [3.8, 4) is 10.7 Å². The van der Waals surface area contributed by atoms with E-state index in [1.54, 1.807) is 12.1 Å². The minimum atomic E-state index is -4.68. The molecule has 8 nitrogen and oxygen atoms in total. The van der Waals surface area contributed by atoms with Crippen LogP contribution in [0.5, 0.6) is 0 Å². The number of aromatic nitrogens is 5. The van der Waals surface area contributed by atoms with Crippen molar-refractivity contribution in [1.29, 1.82) is 0 Å². The molecule has 1 amide bonds. The molecule has 1 N–H and O–H groups in total. The second kappa shape index (κ2) is 7.34. The van der Waals surface area contributed by atoms with Gasteiger partial charge in [-0.3, -0.25) is 4.79 Å². The van der Waals surface area contributed by atoms with Crippen molar-refractivity contribution >= 4 is 17.2 Å². The van der Waals surface area contributed by atoms with Gasteiger partial charge in [0.1, 0.15) is 6.33 Å². The van der Waals surface area contributed by atoms with E-state index in [1.165, 1.54) is 22.3 Å². The van der Waals surface area contributed by atoms with Gasteiger partial charge < -0.3 is 9.84 Å². The number of hydrogen-bond donors (Lipinski definition) is 1. The normalized spacial score (nSPS) is 15.2. The first kappa shape index (κ1) is 18.6. The molecule has 0 saturated heterocycles. The van der Waals surface area contributed by atoms with Gasteiger partial charge in [-0.2, -0.15) is 18.2 Å². The minimum absolute atomic E-state index is 0.0941. The van der Waals surface area contributed by atoms with E-state index in [4.69, 9.17) is 0 Å². The number of nitrogens with zero attached hydrogens (tertiary/aromatic N) is 5. The molecule has 1 fully saturated rings. The van der Waals surface area contributed by atoms with Crippen LogP contribution in [0, 0.1) is 0 Å². The van der Waals surface area contributed by atoms with E-state index in [1.807, 2.05) is 0 Å². The third-order valence-electron chi connectivity index (χ3n) is 4.30. The van der Waals surface area contributed by atoms with Crippen molar-refractivity contribution in [2.24, 2.45) is 0 Å². The quantitative estimate of drug-likeness (QED) is 0.691. The van der Waals surface area contributed by atoms with Crippen molar-refractivity contribution in [3.63, 3.8) is 0 Å². The Labute approximate surface area is 160 Å². The Hall–Kier alpha value is -2.76. The summed E-state index contributed by atoms with van der Waals surface area (Å²) in [4.78, 5) is 20.8. The van der Waals surface area contributed by atoms with Crippen LogP contribution in [0.15, 0.2) is 23.0 Å². The lowest BCUT2D eigenvalue weighted by Crippen LogP contribution is -2.33. The maximum Gasteiger partial charge on any atom is 0.471 e. The van der Waals surface area contributed by atoms with Gasteiger partial charge >= 0.3 is 12.1 Å². The topological polar surface area (TPSA) is 98.7 Å². The molecule has 3 heterocycles. The van der Waals surface area contributed by atoms with Crippen molar-refractivity contribution < 1.29 is 22.5 Å². The molecule has 0 aromatic carbocycles. The Balaban J connectivity index is 1.41. The average molecular weight is 412 g/mol. The fourth-order valence-electron chi connectivity index (χ4n) is 2.98. The zero-order valence-electron chi connectivity index (χ0n) is 14.4. The third kappa shape index (κ3) is 4.06. The highest BCUT2D eigenvalue weighted by molar-refractivity contribution is 7.15. The monoisotopic (exact) mass is 412 g/mol. The standard InChI is InChI=1S/C16H15F3N6O2S/c17-16(18,19)15-22-12(24-27-15)11-6-5-10(28-11)7-25-8-20-13(23-25)14(26)21-9-3-1-2-4-9/h5-6,8-9H,1-4,7H2,(H,21,26). The number of thiophene rings is 1. The molecular weight excluding hydrogens is 397 g/mol. The predicted octanol–water partition coefficient (Wildman–Crippen LogP) is 3.13. The van der Waals surface area contributed by atoms with Gasteiger partial charge in [0, 0.05) is 10.9 Å². The lowest BCUT2D eigenvalue weighted by Gasteiger charge is -2.09. The third-order valence-corrected chi connectivity index (χ3v) is 5.36. The molecule has 0 atom stereocenters. The van der Waals surface area contributed by atoms with Gasteiger partial charge in [0.15, 0.2) is 0 Å². The second-order valence-corrected chi connectivity index (χ2v) is 7.58. The Morgan fingerprint density at radius 3 is 2.82 bits per heavy atom. The number of rotatable bonds is 5. The maximum atomic E-state index is 12.6. The smallest absolute Gasteiger partial charge is 0.347 e. The summed E-state index contributed by atoms with van der Waals surface area (Å²) in [5, 5.41) is 10.5. The molecule has 4 rings (SSSR count). The van der Waals surface area contributed by atoms with Crippen LogP contribution in [0.25, 0.3) is 10.7 Å². The summed E-state index contributed by atoms with van der Waals surface area (Å²) in [7, 11) is 0. The summed E-state index contributed by atoms with van der Waals surface area (Å²) in [5.41, 5.74) is 0. The maximum absolute atomic E-state index is 12.6. The van der Waals surface area contributed by atoms with Crippen LogP contribution >= 0.6 is 11.3 Å². The molecule has 28 heavy (non-hydrogen) atoms. The molecule has 3 aromatic heterocycles. The minimum Gasteiger partial charge on any atom is -0.347 e. The molecule has 1 aliphatic carbocycles. The molecule has 12 heteroatoms. The zero-order valence-corrected chi connectivity index (χ0v) is 15.3.